The van der Waals surface area contributed by atoms with Gasteiger partial charge in [-0.05, 0) is 49.6 Å². The second kappa shape index (κ2) is 7.05. The summed E-state index contributed by atoms with van der Waals surface area (Å²) in [6, 6.07) is 16.7. The molecule has 128 valence electrons. The van der Waals surface area contributed by atoms with Crippen LogP contribution in [0.3, 0.4) is 0 Å². The van der Waals surface area contributed by atoms with Crippen LogP contribution in [0, 0.1) is 0 Å². The van der Waals surface area contributed by atoms with Crippen molar-refractivity contribution < 1.29 is 8.42 Å². The first kappa shape index (κ1) is 17.1. The van der Waals surface area contributed by atoms with E-state index in [1.165, 1.54) is 0 Å². The van der Waals surface area contributed by atoms with Gasteiger partial charge in [0.1, 0.15) is 0 Å². The Morgan fingerprint density at radius 2 is 1.71 bits per heavy atom. The van der Waals surface area contributed by atoms with E-state index in [0.29, 0.717) is 24.4 Å². The van der Waals surface area contributed by atoms with Crippen molar-refractivity contribution >= 4 is 9.84 Å². The molecule has 0 radical (unpaired) electrons. The molecule has 0 spiro atoms. The van der Waals surface area contributed by atoms with Crippen molar-refractivity contribution in [1.82, 2.24) is 10.6 Å². The van der Waals surface area contributed by atoms with Crippen LogP contribution in [0.5, 0.6) is 0 Å². The Morgan fingerprint density at radius 3 is 2.46 bits per heavy atom. The lowest BCUT2D eigenvalue weighted by Crippen LogP contribution is -2.52. The van der Waals surface area contributed by atoms with E-state index in [1.807, 2.05) is 37.4 Å². The maximum absolute atomic E-state index is 13.6. The van der Waals surface area contributed by atoms with Crippen LogP contribution in [0.25, 0.3) is 0 Å². The molecule has 0 bridgehead atoms. The maximum Gasteiger partial charge on any atom is 0.201 e. The van der Waals surface area contributed by atoms with Gasteiger partial charge in [-0.1, -0.05) is 42.5 Å². The third-order valence-corrected chi connectivity index (χ3v) is 7.10. The molecule has 0 amide bonds. The lowest BCUT2D eigenvalue weighted by atomic mass is 9.87. The van der Waals surface area contributed by atoms with Gasteiger partial charge in [0.15, 0.2) is 4.87 Å². The minimum Gasteiger partial charge on any atom is -0.318 e. The van der Waals surface area contributed by atoms with Crippen molar-refractivity contribution in [2.24, 2.45) is 0 Å². The van der Waals surface area contributed by atoms with Crippen molar-refractivity contribution in [1.29, 1.82) is 0 Å². The quantitative estimate of drug-likeness (QED) is 0.791. The van der Waals surface area contributed by atoms with Crippen LogP contribution in [0.2, 0.25) is 0 Å². The van der Waals surface area contributed by atoms with Crippen molar-refractivity contribution in [3.63, 3.8) is 0 Å². The molecule has 1 aliphatic rings. The van der Waals surface area contributed by atoms with E-state index in [2.05, 4.69) is 10.6 Å². The maximum atomic E-state index is 13.6. The predicted octanol–water partition coefficient (Wildman–Crippen LogP) is 2.46. The fourth-order valence-corrected chi connectivity index (χ4v) is 5.65. The van der Waals surface area contributed by atoms with Crippen molar-refractivity contribution in [3.05, 3.63) is 65.7 Å². The van der Waals surface area contributed by atoms with Crippen molar-refractivity contribution in [2.75, 3.05) is 20.1 Å². The van der Waals surface area contributed by atoms with E-state index in [0.717, 1.165) is 24.0 Å². The number of sulfone groups is 1. The molecule has 3 rings (SSSR count). The molecule has 1 unspecified atom stereocenters. The summed E-state index contributed by atoms with van der Waals surface area (Å²) < 4.78 is 27.2. The second-order valence-corrected chi connectivity index (χ2v) is 8.36. The lowest BCUT2D eigenvalue weighted by Gasteiger charge is -2.39. The molecule has 5 heteroatoms. The van der Waals surface area contributed by atoms with Gasteiger partial charge in [-0.25, -0.2) is 8.42 Å². The van der Waals surface area contributed by atoms with Gasteiger partial charge in [-0.3, -0.25) is 5.32 Å². The summed E-state index contributed by atoms with van der Waals surface area (Å²) in [6.07, 6.45) is 2.37. The Hall–Kier alpha value is -1.69. The second-order valence-electron chi connectivity index (χ2n) is 6.18. The number of hydrogen-bond donors (Lipinski definition) is 2. The van der Waals surface area contributed by atoms with Crippen LogP contribution >= 0.6 is 0 Å². The molecule has 0 heterocycles. The van der Waals surface area contributed by atoms with Crippen LogP contribution in [0.15, 0.2) is 59.5 Å². The Balaban J connectivity index is 2.15. The van der Waals surface area contributed by atoms with Gasteiger partial charge in [0.25, 0.3) is 0 Å². The van der Waals surface area contributed by atoms with Crippen LogP contribution < -0.4 is 10.6 Å². The van der Waals surface area contributed by atoms with E-state index < -0.39 is 14.7 Å². The Bertz CT molecular complexity index is 790. The summed E-state index contributed by atoms with van der Waals surface area (Å²) in [5, 5.41) is 6.46. The predicted molar refractivity (Wildman–Crippen MR) is 96.6 cm³/mol. The van der Waals surface area contributed by atoms with Gasteiger partial charge in [0.05, 0.1) is 4.90 Å². The van der Waals surface area contributed by atoms with Gasteiger partial charge >= 0.3 is 0 Å². The molecular weight excluding hydrogens is 320 g/mol. The summed E-state index contributed by atoms with van der Waals surface area (Å²) >= 11 is 0. The third-order valence-electron chi connectivity index (χ3n) is 4.73. The molecule has 2 aromatic carbocycles. The number of nitrogens with one attached hydrogen (secondary N) is 2. The highest BCUT2D eigenvalue weighted by molar-refractivity contribution is 7.92. The first-order valence-corrected chi connectivity index (χ1v) is 9.88. The molecule has 0 aliphatic heterocycles. The molecule has 2 aromatic rings. The van der Waals surface area contributed by atoms with Crippen LogP contribution in [0.1, 0.15) is 24.0 Å². The van der Waals surface area contributed by atoms with E-state index in [4.69, 9.17) is 0 Å². The van der Waals surface area contributed by atoms with Gasteiger partial charge < -0.3 is 5.32 Å². The molecule has 24 heavy (non-hydrogen) atoms. The SMILES string of the molecule is CNCCNC1(S(=O)(=O)c2ccccc2)CCCc2ccccc21. The van der Waals surface area contributed by atoms with E-state index in [9.17, 15) is 8.42 Å². The standard InChI is InChI=1S/C19H24N2O2S/c1-20-14-15-21-19(24(22,23)17-10-3-2-4-11-17)13-7-9-16-8-5-6-12-18(16)19/h2-6,8,10-12,20-21H,7,9,13-15H2,1H3. The number of rotatable bonds is 6. The summed E-state index contributed by atoms with van der Waals surface area (Å²) in [6.45, 7) is 1.31. The fraction of sp³-hybridized carbons (Fsp3) is 0.368. The summed E-state index contributed by atoms with van der Waals surface area (Å²) in [5.41, 5.74) is 2.02. The normalized spacial score (nSPS) is 20.5. The monoisotopic (exact) mass is 344 g/mol. The Labute approximate surface area is 144 Å². The zero-order chi connectivity index (χ0) is 17.0. The molecule has 2 N–H and O–H groups in total. The molecule has 0 fully saturated rings. The zero-order valence-corrected chi connectivity index (χ0v) is 14.8. The lowest BCUT2D eigenvalue weighted by molar-refractivity contribution is 0.383. The van der Waals surface area contributed by atoms with E-state index >= 15 is 0 Å². The Morgan fingerprint density at radius 1 is 1.00 bits per heavy atom. The van der Waals surface area contributed by atoms with Crippen molar-refractivity contribution in [2.45, 2.75) is 29.0 Å². The smallest absolute Gasteiger partial charge is 0.201 e. The fourth-order valence-electron chi connectivity index (χ4n) is 3.54. The van der Waals surface area contributed by atoms with Gasteiger partial charge in [0, 0.05) is 13.1 Å². The van der Waals surface area contributed by atoms with E-state index in [-0.39, 0.29) is 0 Å². The molecule has 1 atom stereocenters. The van der Waals surface area contributed by atoms with Crippen LogP contribution in [-0.2, 0) is 21.1 Å². The average Bonchev–Trinajstić information content (AvgIpc) is 2.62. The van der Waals surface area contributed by atoms with Crippen molar-refractivity contribution in [3.8, 4) is 0 Å². The highest BCUT2D eigenvalue weighted by Crippen LogP contribution is 2.42. The van der Waals surface area contributed by atoms with Crippen LogP contribution in [0.4, 0.5) is 0 Å². The number of aryl methyl sites for hydroxylation is 1. The minimum atomic E-state index is -3.56. The van der Waals surface area contributed by atoms with E-state index in [1.54, 1.807) is 24.3 Å². The number of fused-ring (bicyclic) bond motifs is 1. The first-order valence-electron chi connectivity index (χ1n) is 8.39. The molecule has 4 nitrogen and oxygen atoms in total. The number of hydrogen-bond acceptors (Lipinski definition) is 4. The molecular formula is C19H24N2O2S. The molecule has 0 saturated carbocycles. The summed E-state index contributed by atoms with van der Waals surface area (Å²) in [5.74, 6) is 0. The number of likely N-dealkylation sites (N-methyl/N-ethyl adjacent to an activating group) is 1. The molecule has 0 saturated heterocycles. The molecule has 0 aromatic heterocycles. The van der Waals surface area contributed by atoms with Crippen LogP contribution in [-0.4, -0.2) is 28.6 Å². The highest BCUT2D eigenvalue weighted by atomic mass is 32.2. The zero-order valence-electron chi connectivity index (χ0n) is 14.0. The third kappa shape index (κ3) is 2.88. The topological polar surface area (TPSA) is 58.2 Å². The largest absolute Gasteiger partial charge is 0.318 e. The number of benzene rings is 2. The highest BCUT2D eigenvalue weighted by Gasteiger charge is 2.48. The summed E-state index contributed by atoms with van der Waals surface area (Å²) in [4.78, 5) is -0.682. The first-order chi connectivity index (χ1) is 11.6. The van der Waals surface area contributed by atoms with Gasteiger partial charge in [-0.15, -0.1) is 0 Å². The summed E-state index contributed by atoms with van der Waals surface area (Å²) in [7, 11) is -1.69. The minimum absolute atomic E-state index is 0.374. The van der Waals surface area contributed by atoms with Gasteiger partial charge in [0.2, 0.25) is 9.84 Å². The Kier molecular flexibility index (Phi) is 5.04. The molecule has 1 aliphatic carbocycles. The van der Waals surface area contributed by atoms with Gasteiger partial charge in [-0.2, -0.15) is 0 Å². The average molecular weight is 344 g/mol.